The maximum atomic E-state index is 13.0. The predicted molar refractivity (Wildman–Crippen MR) is 401 cm³/mol. The van der Waals surface area contributed by atoms with E-state index in [1.54, 1.807) is 0 Å². The molecular formula is C84H160NO8+. The molecule has 0 bridgehead atoms. The number of likely N-dealkylation sites (N-methyl/N-ethyl adjacent to an activating group) is 1. The molecule has 9 heteroatoms. The molecule has 0 aliphatic carbocycles. The predicted octanol–water partition coefficient (Wildman–Crippen LogP) is 26.3. The van der Waals surface area contributed by atoms with E-state index in [0.29, 0.717) is 17.4 Å². The molecule has 0 saturated carbocycles. The number of carbonyl (C=O) groups excluding carboxylic acids is 2. The van der Waals surface area contributed by atoms with Crippen molar-refractivity contribution in [2.75, 3.05) is 47.5 Å². The van der Waals surface area contributed by atoms with Crippen molar-refractivity contribution in [2.24, 2.45) is 0 Å². The van der Waals surface area contributed by atoms with Crippen LogP contribution < -0.4 is 0 Å². The fourth-order valence-electron chi connectivity index (χ4n) is 12.6. The molecule has 0 radical (unpaired) electrons. The minimum Gasteiger partial charge on any atom is -0.477 e. The van der Waals surface area contributed by atoms with Gasteiger partial charge in [-0.3, -0.25) is 9.59 Å². The van der Waals surface area contributed by atoms with Crippen molar-refractivity contribution in [2.45, 2.75) is 437 Å². The summed E-state index contributed by atoms with van der Waals surface area (Å²) in [5.74, 6) is -1.97. The molecule has 0 aromatic rings. The zero-order valence-corrected chi connectivity index (χ0v) is 63.0. The Morgan fingerprint density at radius 3 is 0.860 bits per heavy atom. The Morgan fingerprint density at radius 1 is 0.323 bits per heavy atom. The van der Waals surface area contributed by atoms with Crippen molar-refractivity contribution in [3.63, 3.8) is 0 Å². The number of esters is 2. The third kappa shape index (κ3) is 76.7. The van der Waals surface area contributed by atoms with Crippen LogP contribution in [0, 0.1) is 0 Å². The van der Waals surface area contributed by atoms with Crippen molar-refractivity contribution in [1.82, 2.24) is 0 Å². The van der Waals surface area contributed by atoms with Gasteiger partial charge in [0.2, 0.25) is 0 Å². The molecule has 0 saturated heterocycles. The summed E-state index contributed by atoms with van der Waals surface area (Å²) in [5, 5.41) is 9.78. The van der Waals surface area contributed by atoms with E-state index >= 15 is 0 Å². The number of aliphatic carboxylic acids is 1. The van der Waals surface area contributed by atoms with E-state index in [-0.39, 0.29) is 38.2 Å². The molecule has 2 atom stereocenters. The van der Waals surface area contributed by atoms with E-state index in [1.807, 2.05) is 21.1 Å². The lowest BCUT2D eigenvalue weighted by molar-refractivity contribution is -0.870. The maximum Gasteiger partial charge on any atom is 0.361 e. The summed E-state index contributed by atoms with van der Waals surface area (Å²) in [6, 6.07) is 0. The Labute approximate surface area is 579 Å². The van der Waals surface area contributed by atoms with E-state index in [1.165, 1.54) is 347 Å². The number of carboxylic acids is 1. The van der Waals surface area contributed by atoms with Crippen LogP contribution in [0.2, 0.25) is 0 Å². The van der Waals surface area contributed by atoms with Gasteiger partial charge in [0.05, 0.1) is 34.4 Å². The summed E-state index contributed by atoms with van der Waals surface area (Å²) < 4.78 is 23.1. The molecule has 1 N–H and O–H groups in total. The summed E-state index contributed by atoms with van der Waals surface area (Å²) in [6.45, 7) is 4.95. The summed E-state index contributed by atoms with van der Waals surface area (Å²) in [6.07, 6.45) is 94.6. The average molecular weight is 1310 g/mol. The van der Waals surface area contributed by atoms with Gasteiger partial charge in [-0.15, -0.1) is 0 Å². The van der Waals surface area contributed by atoms with Gasteiger partial charge in [0.15, 0.2) is 6.10 Å². The Hall–Kier alpha value is -2.49. The second kappa shape index (κ2) is 75.3. The molecule has 0 fully saturated rings. The largest absolute Gasteiger partial charge is 0.477 e. The summed E-state index contributed by atoms with van der Waals surface area (Å²) in [4.78, 5) is 37.7. The lowest BCUT2D eigenvalue weighted by Gasteiger charge is -2.25. The monoisotopic (exact) mass is 1310 g/mol. The van der Waals surface area contributed by atoms with Gasteiger partial charge in [-0.25, -0.2) is 4.79 Å². The fourth-order valence-corrected chi connectivity index (χ4v) is 12.6. The molecule has 0 aromatic heterocycles. The zero-order valence-electron chi connectivity index (χ0n) is 63.0. The Kier molecular flexibility index (Phi) is 73.3. The number of carbonyl (C=O) groups is 3. The first kappa shape index (κ1) is 90.5. The van der Waals surface area contributed by atoms with Gasteiger partial charge in [0.1, 0.15) is 13.2 Å². The van der Waals surface area contributed by atoms with Crippen LogP contribution in [0.1, 0.15) is 425 Å². The third-order valence-electron chi connectivity index (χ3n) is 18.9. The Morgan fingerprint density at radius 2 is 0.581 bits per heavy atom. The van der Waals surface area contributed by atoms with E-state index in [4.69, 9.17) is 18.9 Å². The highest BCUT2D eigenvalue weighted by Crippen LogP contribution is 2.20. The van der Waals surface area contributed by atoms with Gasteiger partial charge in [-0.1, -0.05) is 397 Å². The van der Waals surface area contributed by atoms with Crippen molar-refractivity contribution >= 4 is 17.9 Å². The number of unbranched alkanes of at least 4 members (excludes halogenated alkanes) is 57. The van der Waals surface area contributed by atoms with Crippen molar-refractivity contribution < 1.29 is 42.9 Å². The lowest BCUT2D eigenvalue weighted by atomic mass is 10.0. The molecule has 0 amide bonds. The molecule has 9 nitrogen and oxygen atoms in total. The van der Waals surface area contributed by atoms with E-state index in [2.05, 4.69) is 50.3 Å². The molecule has 93 heavy (non-hydrogen) atoms. The summed E-state index contributed by atoms with van der Waals surface area (Å²) in [5.41, 5.74) is 0. The van der Waals surface area contributed by atoms with Gasteiger partial charge in [0, 0.05) is 12.8 Å². The van der Waals surface area contributed by atoms with Gasteiger partial charge in [-0.05, 0) is 51.4 Å². The smallest absolute Gasteiger partial charge is 0.361 e. The van der Waals surface area contributed by atoms with E-state index in [0.717, 1.165) is 51.4 Å². The first-order valence-electron chi connectivity index (χ1n) is 41.2. The van der Waals surface area contributed by atoms with Gasteiger partial charge < -0.3 is 28.5 Å². The molecule has 0 spiro atoms. The number of nitrogens with zero attached hydrogens (tertiary/aromatic N) is 1. The number of hydrogen-bond acceptors (Lipinski definition) is 7. The molecule has 0 aromatic carbocycles. The molecule has 548 valence electrons. The minimum absolute atomic E-state index is 0.176. The normalized spacial score (nSPS) is 12.7. The van der Waals surface area contributed by atoms with Gasteiger partial charge >= 0.3 is 17.9 Å². The SMILES string of the molecule is CCCCCCC/C=C\C/C=C\C/C=C\CCCCCCCCCCCCCCCCCCC(=O)OC(COC(=O)CCCCCCCCCCCCCCCCCCCCCCCCCCCCCCCCCCCCCCC)COC(OCC[N+](C)(C)C)C(=O)O. The number of quaternary nitrogens is 1. The first-order valence-corrected chi connectivity index (χ1v) is 41.2. The maximum absolute atomic E-state index is 13.0. The Balaban J connectivity index is 3.95. The Bertz CT molecular complexity index is 1620. The fraction of sp³-hybridized carbons (Fsp3) is 0.893. The second-order valence-corrected chi connectivity index (χ2v) is 29.4. The van der Waals surface area contributed by atoms with Crippen LogP contribution in [0.3, 0.4) is 0 Å². The lowest BCUT2D eigenvalue weighted by Crippen LogP contribution is -2.40. The van der Waals surface area contributed by atoms with E-state index in [9.17, 15) is 19.5 Å². The minimum atomic E-state index is -1.51. The van der Waals surface area contributed by atoms with Gasteiger partial charge in [-0.2, -0.15) is 0 Å². The number of ether oxygens (including phenoxy) is 4. The van der Waals surface area contributed by atoms with E-state index < -0.39 is 18.4 Å². The highest BCUT2D eigenvalue weighted by molar-refractivity contribution is 5.71. The van der Waals surface area contributed by atoms with Crippen LogP contribution >= 0.6 is 0 Å². The number of allylic oxidation sites excluding steroid dienone is 6. The molecule has 2 unspecified atom stereocenters. The highest BCUT2D eigenvalue weighted by Gasteiger charge is 2.25. The van der Waals surface area contributed by atoms with Crippen LogP contribution in [0.25, 0.3) is 0 Å². The van der Waals surface area contributed by atoms with Crippen molar-refractivity contribution in [1.29, 1.82) is 0 Å². The van der Waals surface area contributed by atoms with Gasteiger partial charge in [0.25, 0.3) is 6.29 Å². The number of carboxylic acid groups (broad SMARTS) is 1. The van der Waals surface area contributed by atoms with Crippen LogP contribution in [-0.4, -0.2) is 87.4 Å². The highest BCUT2D eigenvalue weighted by atomic mass is 16.7. The van der Waals surface area contributed by atoms with Crippen molar-refractivity contribution in [3.8, 4) is 0 Å². The zero-order chi connectivity index (χ0) is 67.5. The summed E-state index contributed by atoms with van der Waals surface area (Å²) in [7, 11) is 6.00. The van der Waals surface area contributed by atoms with Crippen molar-refractivity contribution in [3.05, 3.63) is 36.5 Å². The second-order valence-electron chi connectivity index (χ2n) is 29.4. The topological polar surface area (TPSA) is 108 Å². The number of rotatable bonds is 78. The molecule has 0 aliphatic rings. The molecule has 0 aliphatic heterocycles. The molecule has 0 heterocycles. The van der Waals surface area contributed by atoms with Crippen LogP contribution in [0.15, 0.2) is 36.5 Å². The van der Waals surface area contributed by atoms with Crippen LogP contribution in [0.4, 0.5) is 0 Å². The average Bonchev–Trinajstić information content (AvgIpc) is 3.38. The quantitative estimate of drug-likeness (QED) is 0.0211. The summed E-state index contributed by atoms with van der Waals surface area (Å²) >= 11 is 0. The van der Waals surface area contributed by atoms with Crippen LogP contribution in [-0.2, 0) is 33.3 Å². The third-order valence-corrected chi connectivity index (χ3v) is 18.9. The number of hydrogen-bond donors (Lipinski definition) is 1. The first-order chi connectivity index (χ1) is 45.6. The van der Waals surface area contributed by atoms with Crippen LogP contribution in [0.5, 0.6) is 0 Å². The standard InChI is InChI=1S/C84H159NO8/c1-6-8-10-12-14-16-18-20-22-24-26-28-30-32-34-36-38-39-40-41-42-43-45-46-48-50-52-54-56-58-60-62-64-66-68-70-72-74-81(86)91-78-80(79-92-84(83(88)89)90-77-76-85(3,4)5)93-82(87)75-73-71-69-67-65-63-61-59-57-55-53-51-49-47-44-37-35-33-31-29-27-25-23-21-19-17-15-13-11-9-7-2/h19,21,25,27,31,33,80,84H,6-18,20,22-24,26,28-30,32,34-79H2,1-5H3/p+1/b21-19-,27-25-,33-31-. The molecule has 0 rings (SSSR count). The molecular weight excluding hydrogens is 1150 g/mol.